The number of hydrogen-bond donors (Lipinski definition) is 1. The third-order valence-corrected chi connectivity index (χ3v) is 2.91. The second-order valence-electron chi connectivity index (χ2n) is 4.07. The van der Waals surface area contributed by atoms with Crippen LogP contribution in [0.3, 0.4) is 0 Å². The van der Waals surface area contributed by atoms with Crippen LogP contribution < -0.4 is 14.2 Å². The Bertz CT molecular complexity index is 636. The Hall–Kier alpha value is -2.41. The fourth-order valence-corrected chi connectivity index (χ4v) is 1.90. The van der Waals surface area contributed by atoms with E-state index in [0.717, 1.165) is 0 Å². The molecule has 0 radical (unpaired) electrons. The topological polar surface area (TPSA) is 73.7 Å². The van der Waals surface area contributed by atoms with Gasteiger partial charge >= 0.3 is 0 Å². The van der Waals surface area contributed by atoms with E-state index in [9.17, 15) is 9.50 Å². The maximum atomic E-state index is 14.0. The summed E-state index contributed by atoms with van der Waals surface area (Å²) in [6.45, 7) is 0. The average Bonchev–Trinajstić information content (AvgIpc) is 2.53. The van der Waals surface area contributed by atoms with Crippen LogP contribution in [0, 0.1) is 5.82 Å². The van der Waals surface area contributed by atoms with E-state index in [-0.39, 0.29) is 28.8 Å². The SMILES string of the molecule is COc1cnc(C(O)c2c(F)cccc2OC)c(OC)n1. The molecule has 7 heteroatoms. The second kappa shape index (κ2) is 6.36. The molecule has 2 rings (SSSR count). The highest BCUT2D eigenvalue weighted by Gasteiger charge is 2.25. The first kappa shape index (κ1) is 15.0. The van der Waals surface area contributed by atoms with E-state index in [2.05, 4.69) is 9.97 Å². The molecule has 0 saturated carbocycles. The highest BCUT2D eigenvalue weighted by atomic mass is 19.1. The third-order valence-electron chi connectivity index (χ3n) is 2.91. The normalized spacial score (nSPS) is 11.9. The van der Waals surface area contributed by atoms with Crippen molar-refractivity contribution in [3.63, 3.8) is 0 Å². The number of ether oxygens (including phenoxy) is 3. The van der Waals surface area contributed by atoms with E-state index in [0.29, 0.717) is 0 Å². The zero-order chi connectivity index (χ0) is 15.4. The van der Waals surface area contributed by atoms with Crippen molar-refractivity contribution in [2.45, 2.75) is 6.10 Å². The van der Waals surface area contributed by atoms with Crippen molar-refractivity contribution in [2.24, 2.45) is 0 Å². The van der Waals surface area contributed by atoms with Gasteiger partial charge in [-0.15, -0.1) is 0 Å². The number of methoxy groups -OCH3 is 3. The Morgan fingerprint density at radius 1 is 1.14 bits per heavy atom. The third kappa shape index (κ3) is 2.87. The lowest BCUT2D eigenvalue weighted by atomic mass is 10.0. The quantitative estimate of drug-likeness (QED) is 0.905. The van der Waals surface area contributed by atoms with Gasteiger partial charge in [-0.05, 0) is 12.1 Å². The molecule has 0 fully saturated rings. The van der Waals surface area contributed by atoms with Crippen molar-refractivity contribution in [1.82, 2.24) is 9.97 Å². The minimum atomic E-state index is -1.38. The Balaban J connectivity index is 2.52. The van der Waals surface area contributed by atoms with Gasteiger partial charge in [0.25, 0.3) is 0 Å². The summed E-state index contributed by atoms with van der Waals surface area (Å²) in [6, 6.07) is 4.26. The summed E-state index contributed by atoms with van der Waals surface area (Å²) < 4.78 is 29.1. The van der Waals surface area contributed by atoms with E-state index in [1.54, 1.807) is 6.07 Å². The van der Waals surface area contributed by atoms with Gasteiger partial charge in [-0.1, -0.05) is 6.07 Å². The molecular formula is C14H15FN2O4. The van der Waals surface area contributed by atoms with Crippen molar-refractivity contribution in [1.29, 1.82) is 0 Å². The van der Waals surface area contributed by atoms with E-state index >= 15 is 0 Å². The van der Waals surface area contributed by atoms with Gasteiger partial charge in [0.1, 0.15) is 23.4 Å². The van der Waals surface area contributed by atoms with Crippen LogP contribution in [0.25, 0.3) is 0 Å². The summed E-state index contributed by atoms with van der Waals surface area (Å²) in [6.07, 6.45) is -0.0662. The summed E-state index contributed by atoms with van der Waals surface area (Å²) in [5.41, 5.74) is 0.0412. The number of hydrogen-bond acceptors (Lipinski definition) is 6. The fourth-order valence-electron chi connectivity index (χ4n) is 1.90. The number of benzene rings is 1. The average molecular weight is 294 g/mol. The summed E-state index contributed by atoms with van der Waals surface area (Å²) in [4.78, 5) is 8.04. The minimum Gasteiger partial charge on any atom is -0.496 e. The van der Waals surface area contributed by atoms with E-state index in [4.69, 9.17) is 14.2 Å². The monoisotopic (exact) mass is 294 g/mol. The van der Waals surface area contributed by atoms with Crippen LogP contribution in [0.5, 0.6) is 17.5 Å². The molecule has 0 aliphatic rings. The van der Waals surface area contributed by atoms with E-state index in [1.165, 1.54) is 39.7 Å². The van der Waals surface area contributed by atoms with Gasteiger partial charge in [0.15, 0.2) is 0 Å². The number of aliphatic hydroxyl groups excluding tert-OH is 1. The molecule has 1 aromatic heterocycles. The molecule has 0 amide bonds. The Morgan fingerprint density at radius 2 is 1.90 bits per heavy atom. The lowest BCUT2D eigenvalue weighted by molar-refractivity contribution is 0.196. The molecule has 112 valence electrons. The maximum Gasteiger partial charge on any atom is 0.241 e. The molecule has 6 nitrogen and oxygen atoms in total. The molecule has 0 aliphatic carbocycles. The summed E-state index contributed by atoms with van der Waals surface area (Å²) >= 11 is 0. The summed E-state index contributed by atoms with van der Waals surface area (Å²) in [5, 5.41) is 10.4. The molecule has 1 atom stereocenters. The zero-order valence-electron chi connectivity index (χ0n) is 11.8. The largest absolute Gasteiger partial charge is 0.496 e. The molecule has 0 spiro atoms. The predicted octanol–water partition coefficient (Wildman–Crippen LogP) is 1.72. The van der Waals surface area contributed by atoms with E-state index in [1.807, 2.05) is 0 Å². The van der Waals surface area contributed by atoms with Crippen LogP contribution in [0.15, 0.2) is 24.4 Å². The van der Waals surface area contributed by atoms with Crippen LogP contribution >= 0.6 is 0 Å². The lowest BCUT2D eigenvalue weighted by Gasteiger charge is -2.17. The van der Waals surface area contributed by atoms with Crippen molar-refractivity contribution < 1.29 is 23.7 Å². The number of aliphatic hydroxyl groups is 1. The first-order valence-electron chi connectivity index (χ1n) is 6.07. The zero-order valence-corrected chi connectivity index (χ0v) is 11.8. The van der Waals surface area contributed by atoms with Crippen LogP contribution in [-0.4, -0.2) is 36.4 Å². The molecule has 1 unspecified atom stereocenters. The van der Waals surface area contributed by atoms with Gasteiger partial charge in [-0.3, -0.25) is 0 Å². The Kier molecular flexibility index (Phi) is 4.54. The van der Waals surface area contributed by atoms with Gasteiger partial charge in [-0.2, -0.15) is 4.98 Å². The van der Waals surface area contributed by atoms with Gasteiger partial charge < -0.3 is 19.3 Å². The molecule has 21 heavy (non-hydrogen) atoms. The molecule has 1 aromatic carbocycles. The van der Waals surface area contributed by atoms with Crippen molar-refractivity contribution in [3.05, 3.63) is 41.5 Å². The first-order valence-corrected chi connectivity index (χ1v) is 6.07. The molecule has 2 aromatic rings. The van der Waals surface area contributed by atoms with Gasteiger partial charge in [0.05, 0.1) is 33.1 Å². The number of halogens is 1. The number of aromatic nitrogens is 2. The molecule has 1 N–H and O–H groups in total. The summed E-state index contributed by atoms with van der Waals surface area (Å²) in [5.74, 6) is -0.126. The molecule has 0 saturated heterocycles. The van der Waals surface area contributed by atoms with Crippen molar-refractivity contribution in [3.8, 4) is 17.5 Å². The minimum absolute atomic E-state index is 0.0298. The number of rotatable bonds is 5. The van der Waals surface area contributed by atoms with Crippen LogP contribution in [0.2, 0.25) is 0 Å². The highest BCUT2D eigenvalue weighted by Crippen LogP contribution is 2.34. The molecule has 0 bridgehead atoms. The smallest absolute Gasteiger partial charge is 0.241 e. The van der Waals surface area contributed by atoms with Crippen molar-refractivity contribution >= 4 is 0 Å². The molecule has 0 aliphatic heterocycles. The van der Waals surface area contributed by atoms with Crippen LogP contribution in [0.1, 0.15) is 17.4 Å². The molecular weight excluding hydrogens is 279 g/mol. The van der Waals surface area contributed by atoms with Gasteiger partial charge in [-0.25, -0.2) is 9.37 Å². The van der Waals surface area contributed by atoms with Gasteiger partial charge in [0, 0.05) is 0 Å². The van der Waals surface area contributed by atoms with E-state index < -0.39 is 11.9 Å². The summed E-state index contributed by atoms with van der Waals surface area (Å²) in [7, 11) is 4.19. The fraction of sp³-hybridized carbons (Fsp3) is 0.286. The van der Waals surface area contributed by atoms with Crippen LogP contribution in [0.4, 0.5) is 4.39 Å². The number of nitrogens with zero attached hydrogens (tertiary/aromatic N) is 2. The lowest BCUT2D eigenvalue weighted by Crippen LogP contribution is -2.10. The Labute approximate surface area is 121 Å². The Morgan fingerprint density at radius 3 is 2.52 bits per heavy atom. The molecule has 1 heterocycles. The highest BCUT2D eigenvalue weighted by molar-refractivity contribution is 5.42. The van der Waals surface area contributed by atoms with Crippen LogP contribution in [-0.2, 0) is 0 Å². The van der Waals surface area contributed by atoms with Gasteiger partial charge in [0.2, 0.25) is 11.8 Å². The second-order valence-corrected chi connectivity index (χ2v) is 4.07. The van der Waals surface area contributed by atoms with Crippen molar-refractivity contribution in [2.75, 3.05) is 21.3 Å². The maximum absolute atomic E-state index is 14.0. The first-order chi connectivity index (χ1) is 10.1. The predicted molar refractivity (Wildman–Crippen MR) is 72.1 cm³/mol. The standard InChI is InChI=1S/C14H15FN2O4/c1-19-9-6-4-5-8(15)11(9)13(18)12-14(21-3)17-10(20-2)7-16-12/h4-7,13,18H,1-3H3.